The number of nitrogens with one attached hydrogen (secondary N) is 1. The molecule has 0 amide bonds. The molecule has 3 rings (SSSR count). The van der Waals surface area contributed by atoms with Crippen LogP contribution < -0.4 is 5.43 Å². The molecule has 0 radical (unpaired) electrons. The minimum Gasteiger partial charge on any atom is -0.272 e. The van der Waals surface area contributed by atoms with Gasteiger partial charge in [0.1, 0.15) is 5.69 Å². The van der Waals surface area contributed by atoms with Crippen LogP contribution in [-0.2, 0) is 0 Å². The van der Waals surface area contributed by atoms with Crippen molar-refractivity contribution in [2.75, 3.05) is 5.43 Å². The first kappa shape index (κ1) is 12.5. The number of rotatable bonds is 4. The molecule has 1 N–H and O–H groups in total. The van der Waals surface area contributed by atoms with Gasteiger partial charge in [0, 0.05) is 17.7 Å². The lowest BCUT2D eigenvalue weighted by molar-refractivity contribution is -0.393. The van der Waals surface area contributed by atoms with Crippen LogP contribution in [0.3, 0.4) is 0 Å². The van der Waals surface area contributed by atoms with Gasteiger partial charge >= 0.3 is 5.69 Å². The summed E-state index contributed by atoms with van der Waals surface area (Å²) in [5, 5.41) is 25.8. The molecule has 20 heavy (non-hydrogen) atoms. The number of nitro benzene ring substituents is 2. The van der Waals surface area contributed by atoms with Crippen molar-refractivity contribution in [1.82, 2.24) is 0 Å². The van der Waals surface area contributed by atoms with Gasteiger partial charge in [-0.15, -0.1) is 0 Å². The first-order valence-electron chi connectivity index (χ1n) is 6.31. The van der Waals surface area contributed by atoms with Gasteiger partial charge in [-0.2, -0.15) is 5.10 Å². The summed E-state index contributed by atoms with van der Waals surface area (Å²) in [5.41, 5.74) is 3.26. The Morgan fingerprint density at radius 2 is 2.05 bits per heavy atom. The monoisotopic (exact) mass is 276 g/mol. The molecule has 8 nitrogen and oxygen atoms in total. The second-order valence-corrected chi connectivity index (χ2v) is 5.07. The van der Waals surface area contributed by atoms with E-state index in [9.17, 15) is 20.2 Å². The standard InChI is InChI=1S/C12H12N4O4/c17-15(18)8-2-4-11(12(6-8)16(19)20)14-13-10-3-1-7-5-9(7)10/h2,4,6-7,9,14H,1,3,5H2/b13-10-. The van der Waals surface area contributed by atoms with Crippen molar-refractivity contribution < 1.29 is 9.85 Å². The van der Waals surface area contributed by atoms with E-state index in [-0.39, 0.29) is 17.1 Å². The van der Waals surface area contributed by atoms with Crippen molar-refractivity contribution in [2.24, 2.45) is 16.9 Å². The third-order valence-corrected chi connectivity index (χ3v) is 3.83. The molecule has 2 aliphatic carbocycles. The van der Waals surface area contributed by atoms with Crippen molar-refractivity contribution >= 4 is 22.8 Å². The second kappa shape index (κ2) is 4.55. The molecule has 2 unspecified atom stereocenters. The van der Waals surface area contributed by atoms with Crippen LogP contribution >= 0.6 is 0 Å². The lowest BCUT2D eigenvalue weighted by Gasteiger charge is -2.04. The third kappa shape index (κ3) is 2.20. The van der Waals surface area contributed by atoms with Gasteiger partial charge in [-0.05, 0) is 31.2 Å². The highest BCUT2D eigenvalue weighted by molar-refractivity contribution is 5.92. The van der Waals surface area contributed by atoms with Crippen LogP contribution in [0.15, 0.2) is 23.3 Å². The summed E-state index contributed by atoms with van der Waals surface area (Å²) in [5.74, 6) is 1.27. The van der Waals surface area contributed by atoms with Crippen molar-refractivity contribution in [3.8, 4) is 0 Å². The van der Waals surface area contributed by atoms with E-state index in [0.29, 0.717) is 5.92 Å². The number of benzene rings is 1. The maximum Gasteiger partial charge on any atom is 0.301 e. The summed E-state index contributed by atoms with van der Waals surface area (Å²) in [7, 11) is 0. The number of nitrogens with zero attached hydrogens (tertiary/aromatic N) is 3. The van der Waals surface area contributed by atoms with Gasteiger partial charge in [-0.25, -0.2) is 0 Å². The largest absolute Gasteiger partial charge is 0.301 e. The molecule has 2 fully saturated rings. The van der Waals surface area contributed by atoms with E-state index in [1.807, 2.05) is 0 Å². The molecular weight excluding hydrogens is 264 g/mol. The predicted molar refractivity (Wildman–Crippen MR) is 71.6 cm³/mol. The Morgan fingerprint density at radius 3 is 2.60 bits per heavy atom. The zero-order valence-corrected chi connectivity index (χ0v) is 10.5. The highest BCUT2D eigenvalue weighted by Crippen LogP contribution is 2.50. The molecule has 1 aromatic rings. The maximum absolute atomic E-state index is 11.0. The molecule has 2 saturated carbocycles. The first-order valence-corrected chi connectivity index (χ1v) is 6.31. The minimum atomic E-state index is -0.658. The lowest BCUT2D eigenvalue weighted by Crippen LogP contribution is -2.03. The average molecular weight is 276 g/mol. The number of hydrazone groups is 1. The SMILES string of the molecule is O=[N+]([O-])c1ccc(N/N=C2/CCC3CC23)c([N+](=O)[O-])c1. The van der Waals surface area contributed by atoms with E-state index in [1.165, 1.54) is 12.1 Å². The molecule has 0 aliphatic heterocycles. The van der Waals surface area contributed by atoms with Crippen LogP contribution in [0.5, 0.6) is 0 Å². The van der Waals surface area contributed by atoms with Gasteiger partial charge in [-0.1, -0.05) is 0 Å². The molecule has 0 aromatic heterocycles. The first-order chi connectivity index (χ1) is 9.56. The van der Waals surface area contributed by atoms with Crippen LogP contribution in [-0.4, -0.2) is 15.6 Å². The van der Waals surface area contributed by atoms with Crippen LogP contribution in [0.2, 0.25) is 0 Å². The molecule has 8 heteroatoms. The van der Waals surface area contributed by atoms with E-state index >= 15 is 0 Å². The van der Waals surface area contributed by atoms with Gasteiger partial charge in [0.05, 0.1) is 15.9 Å². The molecule has 2 atom stereocenters. The van der Waals surface area contributed by atoms with E-state index in [2.05, 4.69) is 10.5 Å². The van der Waals surface area contributed by atoms with Crippen LogP contribution in [0.25, 0.3) is 0 Å². The van der Waals surface area contributed by atoms with E-state index in [1.54, 1.807) is 0 Å². The summed E-state index contributed by atoms with van der Waals surface area (Å²) < 4.78 is 0. The summed E-state index contributed by atoms with van der Waals surface area (Å²) in [6.07, 6.45) is 3.21. The molecule has 0 bridgehead atoms. The fourth-order valence-electron chi connectivity index (χ4n) is 2.64. The summed E-state index contributed by atoms with van der Waals surface area (Å²) in [4.78, 5) is 20.3. The number of nitro groups is 2. The van der Waals surface area contributed by atoms with Crippen LogP contribution in [0, 0.1) is 32.1 Å². The van der Waals surface area contributed by atoms with Gasteiger partial charge in [0.15, 0.2) is 0 Å². The quantitative estimate of drug-likeness (QED) is 0.671. The van der Waals surface area contributed by atoms with Gasteiger partial charge in [-0.3, -0.25) is 25.7 Å². The minimum absolute atomic E-state index is 0.178. The zero-order chi connectivity index (χ0) is 14.3. The molecular formula is C12H12N4O4. The van der Waals surface area contributed by atoms with Crippen molar-refractivity contribution in [2.45, 2.75) is 19.3 Å². The Bertz CT molecular complexity index is 628. The third-order valence-electron chi connectivity index (χ3n) is 3.83. The Hall–Kier alpha value is -2.51. The molecule has 2 aliphatic rings. The van der Waals surface area contributed by atoms with Gasteiger partial charge in [0.25, 0.3) is 5.69 Å². The Balaban J connectivity index is 1.85. The molecule has 0 saturated heterocycles. The highest BCUT2D eigenvalue weighted by atomic mass is 16.6. The Kier molecular flexibility index (Phi) is 2.85. The topological polar surface area (TPSA) is 111 Å². The number of non-ortho nitro benzene ring substituents is 1. The fraction of sp³-hybridized carbons (Fsp3) is 0.417. The number of hydrogen-bond donors (Lipinski definition) is 1. The van der Waals surface area contributed by atoms with Crippen LogP contribution in [0.4, 0.5) is 17.1 Å². The second-order valence-electron chi connectivity index (χ2n) is 5.07. The number of hydrogen-bond acceptors (Lipinski definition) is 6. The smallest absolute Gasteiger partial charge is 0.272 e. The van der Waals surface area contributed by atoms with E-state index in [0.717, 1.165) is 37.0 Å². The highest BCUT2D eigenvalue weighted by Gasteiger charge is 2.45. The fourth-order valence-corrected chi connectivity index (χ4v) is 2.64. The molecule has 1 aromatic carbocycles. The van der Waals surface area contributed by atoms with Crippen molar-refractivity contribution in [3.63, 3.8) is 0 Å². The summed E-state index contributed by atoms with van der Waals surface area (Å²) in [6.45, 7) is 0. The van der Waals surface area contributed by atoms with Crippen molar-refractivity contribution in [3.05, 3.63) is 38.4 Å². The van der Waals surface area contributed by atoms with E-state index in [4.69, 9.17) is 0 Å². The Labute approximate surface area is 113 Å². The van der Waals surface area contributed by atoms with Gasteiger partial charge in [0.2, 0.25) is 0 Å². The maximum atomic E-state index is 11.0. The zero-order valence-electron chi connectivity index (χ0n) is 10.5. The summed E-state index contributed by atoms with van der Waals surface area (Å²) >= 11 is 0. The molecule has 104 valence electrons. The number of anilines is 1. The number of fused-ring (bicyclic) bond motifs is 1. The van der Waals surface area contributed by atoms with Crippen molar-refractivity contribution in [1.29, 1.82) is 0 Å². The Morgan fingerprint density at radius 1 is 1.25 bits per heavy atom. The molecule has 0 heterocycles. The predicted octanol–water partition coefficient (Wildman–Crippen LogP) is 2.70. The van der Waals surface area contributed by atoms with Gasteiger partial charge < -0.3 is 0 Å². The summed E-state index contributed by atoms with van der Waals surface area (Å²) in [6, 6.07) is 3.49. The average Bonchev–Trinajstić information content (AvgIpc) is 3.09. The normalized spacial score (nSPS) is 25.3. The van der Waals surface area contributed by atoms with Crippen LogP contribution in [0.1, 0.15) is 19.3 Å². The van der Waals surface area contributed by atoms with E-state index < -0.39 is 9.85 Å². The lowest BCUT2D eigenvalue weighted by atomic mass is 10.2. The molecule has 0 spiro atoms.